The number of halogens is 1. The zero-order valence-corrected chi connectivity index (χ0v) is 9.82. The molecule has 1 amide bonds. The first-order chi connectivity index (χ1) is 6.66. The number of alkyl halides is 1. The Labute approximate surface area is 91.4 Å². The second-order valence-corrected chi connectivity index (χ2v) is 3.96. The van der Waals surface area contributed by atoms with Crippen molar-refractivity contribution in [1.29, 1.82) is 0 Å². The van der Waals surface area contributed by atoms with Gasteiger partial charge < -0.3 is 9.42 Å². The first-order valence-electron chi connectivity index (χ1n) is 4.44. The molecule has 78 valence electrons. The molecule has 0 atom stereocenters. The summed E-state index contributed by atoms with van der Waals surface area (Å²) in [6.45, 7) is 4.62. The highest BCUT2D eigenvalue weighted by molar-refractivity contribution is 9.09. The number of rotatable bonds is 4. The van der Waals surface area contributed by atoms with Gasteiger partial charge in [-0.15, -0.1) is 0 Å². The molecule has 5 heteroatoms. The number of amides is 1. The molecule has 0 saturated carbocycles. The lowest BCUT2D eigenvalue weighted by Crippen LogP contribution is -2.38. The van der Waals surface area contributed by atoms with Crippen molar-refractivity contribution in [2.75, 3.05) is 11.9 Å². The molecule has 0 N–H and O–H groups in total. The van der Waals surface area contributed by atoms with Gasteiger partial charge in [0, 0.05) is 24.0 Å². The van der Waals surface area contributed by atoms with Gasteiger partial charge in [0.05, 0.1) is 0 Å². The number of carbonyl (C=O) groups is 1. The Bertz CT molecular complexity index is 285. The van der Waals surface area contributed by atoms with Crippen molar-refractivity contribution < 1.29 is 9.32 Å². The van der Waals surface area contributed by atoms with Crippen molar-refractivity contribution in [2.45, 2.75) is 19.9 Å². The van der Waals surface area contributed by atoms with Crippen LogP contribution < -0.4 is 0 Å². The second-order valence-electron chi connectivity index (χ2n) is 3.17. The molecule has 0 unspecified atom stereocenters. The summed E-state index contributed by atoms with van der Waals surface area (Å²) >= 11 is 3.31. The van der Waals surface area contributed by atoms with Gasteiger partial charge in [-0.05, 0) is 13.8 Å². The fraction of sp³-hybridized carbons (Fsp3) is 0.556. The van der Waals surface area contributed by atoms with Crippen LogP contribution in [-0.2, 0) is 0 Å². The lowest BCUT2D eigenvalue weighted by atomic mass is 10.3. The van der Waals surface area contributed by atoms with E-state index in [2.05, 4.69) is 25.6 Å². The van der Waals surface area contributed by atoms with E-state index in [1.165, 1.54) is 6.26 Å². The van der Waals surface area contributed by atoms with Crippen molar-refractivity contribution in [3.8, 4) is 0 Å². The van der Waals surface area contributed by atoms with Crippen molar-refractivity contribution >= 4 is 21.8 Å². The molecule has 0 spiro atoms. The number of aromatic nitrogens is 1. The standard InChI is InChI=1S/C9H13BrN2O2/c1-7(2)12(5-4-10)9(13)8-3-6-14-11-8/h3,6-7H,4-5H2,1-2H3. The Morgan fingerprint density at radius 3 is 2.86 bits per heavy atom. The Morgan fingerprint density at radius 2 is 2.43 bits per heavy atom. The summed E-state index contributed by atoms with van der Waals surface area (Å²) in [5.74, 6) is -0.0896. The van der Waals surface area contributed by atoms with E-state index in [4.69, 9.17) is 0 Å². The van der Waals surface area contributed by atoms with Crippen LogP contribution in [0.1, 0.15) is 24.3 Å². The molecule has 0 aliphatic heterocycles. The van der Waals surface area contributed by atoms with Crippen LogP contribution >= 0.6 is 15.9 Å². The molecule has 1 aromatic heterocycles. The van der Waals surface area contributed by atoms with E-state index < -0.39 is 0 Å². The maximum Gasteiger partial charge on any atom is 0.276 e. The van der Waals surface area contributed by atoms with Gasteiger partial charge in [-0.3, -0.25) is 4.79 Å². The molecule has 0 aliphatic rings. The van der Waals surface area contributed by atoms with Gasteiger partial charge in [-0.2, -0.15) is 0 Å². The van der Waals surface area contributed by atoms with Crippen LogP contribution in [-0.4, -0.2) is 33.9 Å². The smallest absolute Gasteiger partial charge is 0.276 e. The lowest BCUT2D eigenvalue weighted by molar-refractivity contribution is 0.0709. The quantitative estimate of drug-likeness (QED) is 0.778. The monoisotopic (exact) mass is 260 g/mol. The van der Waals surface area contributed by atoms with Crippen LogP contribution in [0.15, 0.2) is 16.9 Å². The Kier molecular flexibility index (Phi) is 4.13. The number of hydrogen-bond donors (Lipinski definition) is 0. The second kappa shape index (κ2) is 5.14. The summed E-state index contributed by atoms with van der Waals surface area (Å²) in [5, 5.41) is 4.38. The first kappa shape index (κ1) is 11.2. The highest BCUT2D eigenvalue weighted by Crippen LogP contribution is 2.06. The minimum absolute atomic E-state index is 0.0896. The van der Waals surface area contributed by atoms with E-state index in [1.54, 1.807) is 11.0 Å². The van der Waals surface area contributed by atoms with Crippen LogP contribution in [0.25, 0.3) is 0 Å². The molecule has 0 aromatic carbocycles. The summed E-state index contributed by atoms with van der Waals surface area (Å²) in [4.78, 5) is 13.6. The molecule has 0 radical (unpaired) electrons. The normalized spacial score (nSPS) is 10.6. The van der Waals surface area contributed by atoms with Crippen LogP contribution in [0, 0.1) is 0 Å². The van der Waals surface area contributed by atoms with Gasteiger partial charge in [-0.1, -0.05) is 21.1 Å². The topological polar surface area (TPSA) is 46.3 Å². The third-order valence-electron chi connectivity index (χ3n) is 1.87. The van der Waals surface area contributed by atoms with Crippen molar-refractivity contribution in [1.82, 2.24) is 10.1 Å². The fourth-order valence-electron chi connectivity index (χ4n) is 1.16. The number of carbonyl (C=O) groups excluding carboxylic acids is 1. The Hall–Kier alpha value is -0.840. The summed E-state index contributed by atoms with van der Waals surface area (Å²) in [5.41, 5.74) is 0.361. The largest absolute Gasteiger partial charge is 0.364 e. The van der Waals surface area contributed by atoms with E-state index in [0.29, 0.717) is 12.2 Å². The molecular weight excluding hydrogens is 248 g/mol. The molecule has 1 rings (SSSR count). The predicted octanol–water partition coefficient (Wildman–Crippen LogP) is 1.92. The lowest BCUT2D eigenvalue weighted by Gasteiger charge is -2.24. The molecule has 0 aliphatic carbocycles. The summed E-state index contributed by atoms with van der Waals surface area (Å²) in [7, 11) is 0. The Morgan fingerprint density at radius 1 is 1.71 bits per heavy atom. The predicted molar refractivity (Wildman–Crippen MR) is 56.5 cm³/mol. The van der Waals surface area contributed by atoms with Crippen molar-refractivity contribution in [3.63, 3.8) is 0 Å². The molecule has 14 heavy (non-hydrogen) atoms. The summed E-state index contributed by atoms with van der Waals surface area (Å²) < 4.78 is 4.63. The van der Waals surface area contributed by atoms with Crippen LogP contribution in [0.5, 0.6) is 0 Å². The van der Waals surface area contributed by atoms with Gasteiger partial charge in [0.2, 0.25) is 0 Å². The van der Waals surface area contributed by atoms with Gasteiger partial charge in [0.1, 0.15) is 6.26 Å². The maximum absolute atomic E-state index is 11.8. The Balaban J connectivity index is 2.74. The van der Waals surface area contributed by atoms with Gasteiger partial charge in [0.15, 0.2) is 5.69 Å². The zero-order chi connectivity index (χ0) is 10.6. The zero-order valence-electron chi connectivity index (χ0n) is 8.24. The van der Waals surface area contributed by atoms with Crippen LogP contribution in [0.3, 0.4) is 0 Å². The number of hydrogen-bond acceptors (Lipinski definition) is 3. The minimum atomic E-state index is -0.0896. The maximum atomic E-state index is 11.8. The third kappa shape index (κ3) is 2.57. The number of nitrogens with zero attached hydrogens (tertiary/aromatic N) is 2. The molecule has 1 aromatic rings. The average Bonchev–Trinajstić information content (AvgIpc) is 2.65. The minimum Gasteiger partial charge on any atom is -0.364 e. The molecular formula is C9H13BrN2O2. The fourth-order valence-corrected chi connectivity index (χ4v) is 1.54. The third-order valence-corrected chi connectivity index (χ3v) is 2.22. The van der Waals surface area contributed by atoms with Gasteiger partial charge >= 0.3 is 0 Å². The summed E-state index contributed by atoms with van der Waals surface area (Å²) in [6, 6.07) is 1.74. The molecule has 0 bridgehead atoms. The van der Waals surface area contributed by atoms with E-state index in [1.807, 2.05) is 13.8 Å². The van der Waals surface area contributed by atoms with E-state index in [-0.39, 0.29) is 11.9 Å². The van der Waals surface area contributed by atoms with Gasteiger partial charge in [0.25, 0.3) is 5.91 Å². The van der Waals surface area contributed by atoms with E-state index in [0.717, 1.165) is 5.33 Å². The average molecular weight is 261 g/mol. The van der Waals surface area contributed by atoms with E-state index >= 15 is 0 Å². The molecule has 1 heterocycles. The van der Waals surface area contributed by atoms with Crippen molar-refractivity contribution in [2.24, 2.45) is 0 Å². The van der Waals surface area contributed by atoms with E-state index in [9.17, 15) is 4.79 Å². The first-order valence-corrected chi connectivity index (χ1v) is 5.56. The molecule has 4 nitrogen and oxygen atoms in total. The summed E-state index contributed by atoms with van der Waals surface area (Å²) in [6.07, 6.45) is 1.40. The highest BCUT2D eigenvalue weighted by atomic mass is 79.9. The van der Waals surface area contributed by atoms with Gasteiger partial charge in [-0.25, -0.2) is 0 Å². The molecule has 0 saturated heterocycles. The molecule has 0 fully saturated rings. The van der Waals surface area contributed by atoms with Crippen molar-refractivity contribution in [3.05, 3.63) is 18.0 Å². The van der Waals surface area contributed by atoms with Crippen LogP contribution in [0.4, 0.5) is 0 Å². The highest BCUT2D eigenvalue weighted by Gasteiger charge is 2.19. The SMILES string of the molecule is CC(C)N(CCBr)C(=O)c1ccon1. The van der Waals surface area contributed by atoms with Crippen LogP contribution in [0.2, 0.25) is 0 Å².